The average Bonchev–Trinajstić information content (AvgIpc) is 2.03. The molecule has 0 aliphatic carbocycles. The zero-order valence-corrected chi connectivity index (χ0v) is 5.97. The Morgan fingerprint density at radius 2 is 2.20 bits per heavy atom. The van der Waals surface area contributed by atoms with E-state index in [1.165, 1.54) is 0 Å². The number of nitrogens with zero attached hydrogens (tertiary/aromatic N) is 1. The van der Waals surface area contributed by atoms with Gasteiger partial charge in [-0.25, -0.2) is 0 Å². The second-order valence-corrected chi connectivity index (χ2v) is 2.35. The van der Waals surface area contributed by atoms with Crippen LogP contribution in [0.15, 0.2) is 0 Å². The van der Waals surface area contributed by atoms with Gasteiger partial charge in [0.15, 0.2) is 0 Å². The Bertz CT molecular complexity index is 101. The third-order valence-corrected chi connectivity index (χ3v) is 1.61. The van der Waals surface area contributed by atoms with Crippen molar-refractivity contribution in [2.75, 3.05) is 32.8 Å². The van der Waals surface area contributed by atoms with E-state index in [1.807, 2.05) is 0 Å². The zero-order chi connectivity index (χ0) is 7.23. The quantitative estimate of drug-likeness (QED) is 0.477. The van der Waals surface area contributed by atoms with Crippen LogP contribution in [0.4, 0.5) is 0 Å². The van der Waals surface area contributed by atoms with Crippen molar-refractivity contribution >= 4 is 6.41 Å². The standard InChI is InChI=1S/C6H13N3O/c10-6-8-5-9-3-1-7-2-4-9/h6-7H,1-5H2,(H,8,10). The topological polar surface area (TPSA) is 44.4 Å². The van der Waals surface area contributed by atoms with E-state index in [-0.39, 0.29) is 0 Å². The van der Waals surface area contributed by atoms with Crippen molar-refractivity contribution in [2.45, 2.75) is 0 Å². The van der Waals surface area contributed by atoms with Gasteiger partial charge in [-0.1, -0.05) is 0 Å². The predicted octanol–water partition coefficient (Wildman–Crippen LogP) is -1.40. The number of hydrogen-bond acceptors (Lipinski definition) is 3. The van der Waals surface area contributed by atoms with E-state index in [4.69, 9.17) is 0 Å². The fourth-order valence-corrected chi connectivity index (χ4v) is 1.04. The Labute approximate surface area is 60.6 Å². The maximum atomic E-state index is 9.89. The molecule has 4 nitrogen and oxygen atoms in total. The molecule has 0 unspecified atom stereocenters. The molecule has 1 amide bonds. The van der Waals surface area contributed by atoms with Crippen LogP contribution in [0, 0.1) is 0 Å². The Morgan fingerprint density at radius 3 is 2.80 bits per heavy atom. The molecule has 1 fully saturated rings. The summed E-state index contributed by atoms with van der Waals surface area (Å²) in [5.74, 6) is 0. The first kappa shape index (κ1) is 7.50. The van der Waals surface area contributed by atoms with Crippen molar-refractivity contribution in [1.82, 2.24) is 15.5 Å². The van der Waals surface area contributed by atoms with Gasteiger partial charge in [-0.2, -0.15) is 0 Å². The van der Waals surface area contributed by atoms with Crippen molar-refractivity contribution in [3.63, 3.8) is 0 Å². The Hall–Kier alpha value is -0.610. The predicted molar refractivity (Wildman–Crippen MR) is 38.5 cm³/mol. The molecular weight excluding hydrogens is 130 g/mol. The monoisotopic (exact) mass is 143 g/mol. The van der Waals surface area contributed by atoms with Gasteiger partial charge in [-0.15, -0.1) is 0 Å². The van der Waals surface area contributed by atoms with Crippen molar-refractivity contribution < 1.29 is 4.79 Å². The van der Waals surface area contributed by atoms with Gasteiger partial charge in [0.05, 0.1) is 6.67 Å². The lowest BCUT2D eigenvalue weighted by atomic mass is 10.4. The first-order valence-corrected chi connectivity index (χ1v) is 3.53. The molecule has 1 aliphatic heterocycles. The Morgan fingerprint density at radius 1 is 1.50 bits per heavy atom. The third kappa shape index (κ3) is 2.33. The van der Waals surface area contributed by atoms with Crippen LogP contribution >= 0.6 is 0 Å². The number of rotatable bonds is 3. The summed E-state index contributed by atoms with van der Waals surface area (Å²) in [5.41, 5.74) is 0. The van der Waals surface area contributed by atoms with Crippen molar-refractivity contribution in [2.24, 2.45) is 0 Å². The molecule has 0 aromatic rings. The van der Waals surface area contributed by atoms with Crippen molar-refractivity contribution in [3.05, 3.63) is 0 Å². The lowest BCUT2D eigenvalue weighted by Gasteiger charge is -2.26. The summed E-state index contributed by atoms with van der Waals surface area (Å²) < 4.78 is 0. The number of carbonyl (C=O) groups is 1. The van der Waals surface area contributed by atoms with Gasteiger partial charge in [0, 0.05) is 26.2 Å². The van der Waals surface area contributed by atoms with Crippen LogP contribution in [-0.2, 0) is 4.79 Å². The van der Waals surface area contributed by atoms with E-state index >= 15 is 0 Å². The second kappa shape index (κ2) is 4.24. The molecule has 1 saturated heterocycles. The number of nitrogens with one attached hydrogen (secondary N) is 2. The van der Waals surface area contributed by atoms with Gasteiger partial charge in [-0.3, -0.25) is 9.69 Å². The van der Waals surface area contributed by atoms with Gasteiger partial charge in [0.2, 0.25) is 6.41 Å². The van der Waals surface area contributed by atoms with Crippen LogP contribution in [0.2, 0.25) is 0 Å². The van der Waals surface area contributed by atoms with Crippen LogP contribution in [0.3, 0.4) is 0 Å². The van der Waals surface area contributed by atoms with E-state index in [9.17, 15) is 4.79 Å². The molecule has 0 bridgehead atoms. The summed E-state index contributed by atoms with van der Waals surface area (Å²) in [6.45, 7) is 4.80. The largest absolute Gasteiger partial charge is 0.346 e. The Kier molecular flexibility index (Phi) is 3.18. The van der Waals surface area contributed by atoms with Gasteiger partial charge < -0.3 is 10.6 Å². The highest BCUT2D eigenvalue weighted by molar-refractivity contribution is 5.45. The van der Waals surface area contributed by atoms with Crippen LogP contribution in [0.25, 0.3) is 0 Å². The molecule has 0 saturated carbocycles. The highest BCUT2D eigenvalue weighted by Crippen LogP contribution is 1.87. The minimum absolute atomic E-state index is 0.686. The van der Waals surface area contributed by atoms with Crippen LogP contribution in [0.5, 0.6) is 0 Å². The zero-order valence-electron chi connectivity index (χ0n) is 5.97. The van der Waals surface area contributed by atoms with Gasteiger partial charge in [-0.05, 0) is 0 Å². The minimum atomic E-state index is 0.686. The summed E-state index contributed by atoms with van der Waals surface area (Å²) in [6, 6.07) is 0. The Balaban J connectivity index is 2.07. The summed E-state index contributed by atoms with van der Waals surface area (Å²) in [5, 5.41) is 5.87. The number of carbonyl (C=O) groups excluding carboxylic acids is 1. The fraction of sp³-hybridized carbons (Fsp3) is 0.833. The highest BCUT2D eigenvalue weighted by Gasteiger charge is 2.06. The molecule has 4 heteroatoms. The molecular formula is C6H13N3O. The number of amides is 1. The van der Waals surface area contributed by atoms with Crippen LogP contribution in [0.1, 0.15) is 0 Å². The molecule has 1 aliphatic rings. The summed E-state index contributed by atoms with van der Waals surface area (Å²) >= 11 is 0. The van der Waals surface area contributed by atoms with E-state index in [1.54, 1.807) is 0 Å². The second-order valence-electron chi connectivity index (χ2n) is 2.35. The number of hydrogen-bond donors (Lipinski definition) is 2. The maximum Gasteiger partial charge on any atom is 0.208 e. The third-order valence-electron chi connectivity index (χ3n) is 1.61. The van der Waals surface area contributed by atoms with E-state index in [2.05, 4.69) is 15.5 Å². The highest BCUT2D eigenvalue weighted by atomic mass is 16.1. The molecule has 1 rings (SSSR count). The maximum absolute atomic E-state index is 9.89. The molecule has 0 aromatic carbocycles. The summed E-state index contributed by atoms with van der Waals surface area (Å²) in [7, 11) is 0. The van der Waals surface area contributed by atoms with E-state index < -0.39 is 0 Å². The lowest BCUT2D eigenvalue weighted by molar-refractivity contribution is -0.110. The van der Waals surface area contributed by atoms with Gasteiger partial charge in [0.25, 0.3) is 0 Å². The SMILES string of the molecule is O=CNCN1CCNCC1. The molecule has 10 heavy (non-hydrogen) atoms. The first-order chi connectivity index (χ1) is 4.93. The summed E-state index contributed by atoms with van der Waals surface area (Å²) in [4.78, 5) is 12.1. The molecule has 0 aromatic heterocycles. The fourth-order valence-electron chi connectivity index (χ4n) is 1.04. The molecule has 58 valence electrons. The molecule has 0 radical (unpaired) electrons. The smallest absolute Gasteiger partial charge is 0.208 e. The van der Waals surface area contributed by atoms with Gasteiger partial charge >= 0.3 is 0 Å². The van der Waals surface area contributed by atoms with Crippen molar-refractivity contribution in [3.8, 4) is 0 Å². The molecule has 0 atom stereocenters. The number of piperazine rings is 1. The normalized spacial score (nSPS) is 20.4. The lowest BCUT2D eigenvalue weighted by Crippen LogP contribution is -2.46. The van der Waals surface area contributed by atoms with Crippen molar-refractivity contribution in [1.29, 1.82) is 0 Å². The summed E-state index contributed by atoms with van der Waals surface area (Å²) in [6.07, 6.45) is 0.738. The van der Waals surface area contributed by atoms with Crippen LogP contribution in [-0.4, -0.2) is 44.2 Å². The molecule has 1 heterocycles. The van der Waals surface area contributed by atoms with Crippen LogP contribution < -0.4 is 10.6 Å². The van der Waals surface area contributed by atoms with E-state index in [0.29, 0.717) is 6.67 Å². The van der Waals surface area contributed by atoms with Gasteiger partial charge in [0.1, 0.15) is 0 Å². The first-order valence-electron chi connectivity index (χ1n) is 3.53. The molecule has 2 N–H and O–H groups in total. The van der Waals surface area contributed by atoms with E-state index in [0.717, 1.165) is 32.6 Å². The average molecular weight is 143 g/mol. The molecule has 0 spiro atoms. The minimum Gasteiger partial charge on any atom is -0.346 e.